The Kier molecular flexibility index (Phi) is 7.74. The SMILES string of the molecule is COc1cc(CC(=O)OCC(=O)Nc2ccc([N+](=O)[O-])cc2C#N)cc(OC)c1OC. The highest BCUT2D eigenvalue weighted by molar-refractivity contribution is 5.94. The van der Waals surface area contributed by atoms with Crippen molar-refractivity contribution in [3.63, 3.8) is 0 Å². The summed E-state index contributed by atoms with van der Waals surface area (Å²) in [5.74, 6) is -0.288. The van der Waals surface area contributed by atoms with Crippen molar-refractivity contribution >= 4 is 23.3 Å². The predicted molar refractivity (Wildman–Crippen MR) is 107 cm³/mol. The van der Waals surface area contributed by atoms with E-state index in [1.165, 1.54) is 27.4 Å². The van der Waals surface area contributed by atoms with Gasteiger partial charge in [-0.05, 0) is 23.8 Å². The molecular weight excluding hydrogens is 410 g/mol. The van der Waals surface area contributed by atoms with Gasteiger partial charge in [-0.25, -0.2) is 0 Å². The molecule has 0 bridgehead atoms. The normalized spacial score (nSPS) is 9.87. The predicted octanol–water partition coefficient (Wildman–Crippen LogP) is 2.22. The second-order valence-electron chi connectivity index (χ2n) is 6.02. The van der Waals surface area contributed by atoms with Gasteiger partial charge in [-0.15, -0.1) is 0 Å². The summed E-state index contributed by atoms with van der Waals surface area (Å²) in [6.07, 6.45) is -0.162. The number of nitro benzene ring substituents is 1. The molecule has 0 aliphatic heterocycles. The second kappa shape index (κ2) is 10.4. The number of rotatable bonds is 9. The van der Waals surface area contributed by atoms with Gasteiger partial charge >= 0.3 is 5.97 Å². The average molecular weight is 429 g/mol. The Labute approximate surface area is 177 Å². The lowest BCUT2D eigenvalue weighted by Crippen LogP contribution is -2.22. The number of anilines is 1. The van der Waals surface area contributed by atoms with Crippen molar-refractivity contribution in [3.05, 3.63) is 51.6 Å². The van der Waals surface area contributed by atoms with Crippen LogP contribution in [-0.2, 0) is 20.7 Å². The summed E-state index contributed by atoms with van der Waals surface area (Å²) in [4.78, 5) is 34.3. The van der Waals surface area contributed by atoms with Gasteiger partial charge in [0.1, 0.15) is 6.07 Å². The lowest BCUT2D eigenvalue weighted by atomic mass is 10.1. The molecule has 1 amide bonds. The van der Waals surface area contributed by atoms with Crippen LogP contribution in [0.1, 0.15) is 11.1 Å². The third kappa shape index (κ3) is 5.83. The molecule has 0 spiro atoms. The van der Waals surface area contributed by atoms with Gasteiger partial charge in [0, 0.05) is 12.1 Å². The van der Waals surface area contributed by atoms with Crippen LogP contribution in [0.25, 0.3) is 0 Å². The van der Waals surface area contributed by atoms with Gasteiger partial charge in [0.15, 0.2) is 18.1 Å². The number of methoxy groups -OCH3 is 3. The largest absolute Gasteiger partial charge is 0.493 e. The number of benzene rings is 2. The first-order valence-corrected chi connectivity index (χ1v) is 8.75. The van der Waals surface area contributed by atoms with Crippen molar-refractivity contribution in [2.24, 2.45) is 0 Å². The molecule has 11 nitrogen and oxygen atoms in total. The van der Waals surface area contributed by atoms with Crippen LogP contribution in [0.2, 0.25) is 0 Å². The molecule has 2 rings (SSSR count). The highest BCUT2D eigenvalue weighted by Gasteiger charge is 2.17. The molecule has 2 aromatic carbocycles. The number of ether oxygens (including phenoxy) is 4. The van der Waals surface area contributed by atoms with Crippen molar-refractivity contribution < 1.29 is 33.5 Å². The zero-order chi connectivity index (χ0) is 23.0. The first-order valence-electron chi connectivity index (χ1n) is 8.75. The molecule has 31 heavy (non-hydrogen) atoms. The lowest BCUT2D eigenvalue weighted by Gasteiger charge is -2.14. The van der Waals surface area contributed by atoms with Gasteiger partial charge in [-0.1, -0.05) is 0 Å². The molecule has 0 aliphatic rings. The third-order valence-electron chi connectivity index (χ3n) is 4.05. The first kappa shape index (κ1) is 23.0. The summed E-state index contributed by atoms with van der Waals surface area (Å²) < 4.78 is 20.6. The summed E-state index contributed by atoms with van der Waals surface area (Å²) >= 11 is 0. The molecule has 162 valence electrons. The molecule has 0 saturated carbocycles. The van der Waals surface area contributed by atoms with E-state index < -0.39 is 23.4 Å². The number of hydrogen-bond donors (Lipinski definition) is 1. The standard InChI is InChI=1S/C20H19N3O8/c1-28-16-6-12(7-17(29-2)20(16)30-3)8-19(25)31-11-18(24)22-15-5-4-14(23(26)27)9-13(15)10-21/h4-7,9H,8,11H2,1-3H3,(H,22,24). The van der Waals surface area contributed by atoms with Gasteiger partial charge in [-0.3, -0.25) is 19.7 Å². The van der Waals surface area contributed by atoms with Crippen molar-refractivity contribution in [1.29, 1.82) is 5.26 Å². The third-order valence-corrected chi connectivity index (χ3v) is 4.05. The van der Waals surface area contributed by atoms with Gasteiger partial charge in [0.05, 0.1) is 43.9 Å². The smallest absolute Gasteiger partial charge is 0.310 e. The number of nitrogens with zero attached hydrogens (tertiary/aromatic N) is 2. The monoisotopic (exact) mass is 429 g/mol. The van der Waals surface area contributed by atoms with E-state index in [1.807, 2.05) is 0 Å². The molecular formula is C20H19N3O8. The number of carbonyl (C=O) groups is 2. The summed E-state index contributed by atoms with van der Waals surface area (Å²) in [7, 11) is 4.34. The highest BCUT2D eigenvalue weighted by atomic mass is 16.6. The number of carbonyl (C=O) groups excluding carboxylic acids is 2. The Hall–Kier alpha value is -4.33. The summed E-state index contributed by atoms with van der Waals surface area (Å²) in [6.45, 7) is -0.606. The van der Waals surface area contributed by atoms with E-state index in [1.54, 1.807) is 18.2 Å². The second-order valence-corrected chi connectivity index (χ2v) is 6.02. The van der Waals surface area contributed by atoms with Crippen molar-refractivity contribution in [2.45, 2.75) is 6.42 Å². The summed E-state index contributed by atoms with van der Waals surface area (Å²) in [5, 5.41) is 22.3. The van der Waals surface area contributed by atoms with E-state index in [2.05, 4.69) is 5.32 Å². The molecule has 0 radical (unpaired) electrons. The number of non-ortho nitro benzene ring substituents is 1. The van der Waals surface area contributed by atoms with Crippen LogP contribution in [0, 0.1) is 21.4 Å². The number of nitro groups is 1. The number of hydrogen-bond acceptors (Lipinski definition) is 9. The van der Waals surface area contributed by atoms with Crippen LogP contribution >= 0.6 is 0 Å². The van der Waals surface area contributed by atoms with E-state index in [0.717, 1.165) is 12.1 Å². The van der Waals surface area contributed by atoms with Crippen LogP contribution < -0.4 is 19.5 Å². The maximum Gasteiger partial charge on any atom is 0.310 e. The number of nitriles is 1. The van der Waals surface area contributed by atoms with Crippen LogP contribution in [0.15, 0.2) is 30.3 Å². The molecule has 1 N–H and O–H groups in total. The molecule has 0 unspecified atom stereocenters. The lowest BCUT2D eigenvalue weighted by molar-refractivity contribution is -0.384. The summed E-state index contributed by atoms with van der Waals surface area (Å²) in [5.41, 5.74) is 0.207. The average Bonchev–Trinajstić information content (AvgIpc) is 2.76. The minimum Gasteiger partial charge on any atom is -0.493 e. The van der Waals surface area contributed by atoms with Gasteiger partial charge in [-0.2, -0.15) is 5.26 Å². The molecule has 2 aromatic rings. The summed E-state index contributed by atoms with van der Waals surface area (Å²) in [6, 6.07) is 8.34. The topological polar surface area (TPSA) is 150 Å². The van der Waals surface area contributed by atoms with Gasteiger partial charge < -0.3 is 24.3 Å². The molecule has 11 heteroatoms. The Morgan fingerprint density at radius 1 is 1.10 bits per heavy atom. The maximum absolute atomic E-state index is 12.1. The fraction of sp³-hybridized carbons (Fsp3) is 0.250. The van der Waals surface area contributed by atoms with Crippen LogP contribution in [0.3, 0.4) is 0 Å². The highest BCUT2D eigenvalue weighted by Crippen LogP contribution is 2.38. The zero-order valence-corrected chi connectivity index (χ0v) is 17.0. The van der Waals surface area contributed by atoms with Crippen LogP contribution in [-0.4, -0.2) is 44.7 Å². The Morgan fingerprint density at radius 3 is 2.26 bits per heavy atom. The maximum atomic E-state index is 12.1. The first-order chi connectivity index (χ1) is 14.8. The number of esters is 1. The minimum atomic E-state index is -0.705. The number of nitrogens with one attached hydrogen (secondary N) is 1. The quantitative estimate of drug-likeness (QED) is 0.359. The fourth-order valence-electron chi connectivity index (χ4n) is 2.63. The molecule has 0 aromatic heterocycles. The van der Waals surface area contributed by atoms with Crippen molar-refractivity contribution in [2.75, 3.05) is 33.3 Å². The Morgan fingerprint density at radius 2 is 1.74 bits per heavy atom. The Balaban J connectivity index is 2.00. The molecule has 0 aliphatic carbocycles. The van der Waals surface area contributed by atoms with Crippen LogP contribution in [0.5, 0.6) is 17.2 Å². The van der Waals surface area contributed by atoms with Crippen molar-refractivity contribution in [1.82, 2.24) is 0 Å². The molecule has 0 fully saturated rings. The zero-order valence-electron chi connectivity index (χ0n) is 17.0. The number of amides is 1. The van der Waals surface area contributed by atoms with Gasteiger partial charge in [0.25, 0.3) is 11.6 Å². The van der Waals surface area contributed by atoms with E-state index >= 15 is 0 Å². The van der Waals surface area contributed by atoms with E-state index in [-0.39, 0.29) is 23.4 Å². The molecule has 0 atom stereocenters. The van der Waals surface area contributed by atoms with E-state index in [9.17, 15) is 19.7 Å². The Bertz CT molecular complexity index is 1020. The molecule has 0 heterocycles. The van der Waals surface area contributed by atoms with Gasteiger partial charge in [0.2, 0.25) is 5.75 Å². The van der Waals surface area contributed by atoms with Crippen LogP contribution in [0.4, 0.5) is 11.4 Å². The van der Waals surface area contributed by atoms with E-state index in [0.29, 0.717) is 22.8 Å². The fourth-order valence-corrected chi connectivity index (χ4v) is 2.63. The minimum absolute atomic E-state index is 0.0683. The molecule has 0 saturated heterocycles. The van der Waals surface area contributed by atoms with Crippen molar-refractivity contribution in [3.8, 4) is 23.3 Å². The van der Waals surface area contributed by atoms with E-state index in [4.69, 9.17) is 24.2 Å².